The van der Waals surface area contributed by atoms with E-state index in [2.05, 4.69) is 5.32 Å². The molecule has 0 spiro atoms. The van der Waals surface area contributed by atoms with Gasteiger partial charge in [0, 0.05) is 6.54 Å². The minimum Gasteiger partial charge on any atom is -0.493 e. The highest BCUT2D eigenvalue weighted by Crippen LogP contribution is 2.34. The number of benzene rings is 2. The highest BCUT2D eigenvalue weighted by atomic mass is 16.5. The third-order valence-electron chi connectivity index (χ3n) is 4.62. The molecule has 1 saturated carbocycles. The molecule has 136 valence electrons. The van der Waals surface area contributed by atoms with Crippen LogP contribution in [0.5, 0.6) is 17.2 Å². The maximum absolute atomic E-state index is 12.1. The fraction of sp³-hybridized carbons (Fsp3) is 0.300. The van der Waals surface area contributed by atoms with Crippen LogP contribution in [0, 0.1) is 11.8 Å². The van der Waals surface area contributed by atoms with E-state index in [1.54, 1.807) is 7.11 Å². The fourth-order valence-corrected chi connectivity index (χ4v) is 2.94. The lowest BCUT2D eigenvalue weighted by atomic mass is 9.73. The van der Waals surface area contributed by atoms with Gasteiger partial charge in [0.25, 0.3) is 0 Å². The Bertz CT molecular complexity index is 787. The van der Waals surface area contributed by atoms with Crippen LogP contribution < -0.4 is 14.8 Å². The Kier molecular flexibility index (Phi) is 5.41. The number of carbonyl (C=O) groups is 2. The van der Waals surface area contributed by atoms with E-state index in [4.69, 9.17) is 14.6 Å². The quantitative estimate of drug-likeness (QED) is 0.797. The van der Waals surface area contributed by atoms with Gasteiger partial charge in [0.05, 0.1) is 18.9 Å². The summed E-state index contributed by atoms with van der Waals surface area (Å²) in [6.07, 6.45) is 1.21. The first-order valence-corrected chi connectivity index (χ1v) is 8.49. The average molecular weight is 355 g/mol. The Balaban J connectivity index is 1.55. The summed E-state index contributed by atoms with van der Waals surface area (Å²) in [4.78, 5) is 23.1. The lowest BCUT2D eigenvalue weighted by Gasteiger charge is -2.31. The van der Waals surface area contributed by atoms with E-state index in [-0.39, 0.29) is 5.91 Å². The van der Waals surface area contributed by atoms with Gasteiger partial charge in [0.1, 0.15) is 5.75 Å². The number of carboxylic acids is 1. The van der Waals surface area contributed by atoms with Gasteiger partial charge in [-0.15, -0.1) is 0 Å². The van der Waals surface area contributed by atoms with Crippen LogP contribution in [-0.4, -0.2) is 24.1 Å². The fourth-order valence-electron chi connectivity index (χ4n) is 2.94. The van der Waals surface area contributed by atoms with Crippen LogP contribution in [0.4, 0.5) is 0 Å². The maximum atomic E-state index is 12.1. The van der Waals surface area contributed by atoms with E-state index in [0.717, 1.165) is 5.56 Å². The zero-order valence-electron chi connectivity index (χ0n) is 14.5. The molecule has 2 aromatic carbocycles. The summed E-state index contributed by atoms with van der Waals surface area (Å²) >= 11 is 0. The number of aliphatic carboxylic acids is 1. The van der Waals surface area contributed by atoms with Crippen LogP contribution in [-0.2, 0) is 16.1 Å². The Morgan fingerprint density at radius 1 is 1.04 bits per heavy atom. The van der Waals surface area contributed by atoms with Crippen molar-refractivity contribution in [1.29, 1.82) is 0 Å². The second-order valence-electron chi connectivity index (χ2n) is 6.24. The molecule has 26 heavy (non-hydrogen) atoms. The predicted octanol–water partition coefficient (Wildman–Crippen LogP) is 3.21. The molecule has 1 amide bonds. The van der Waals surface area contributed by atoms with Crippen molar-refractivity contribution in [3.63, 3.8) is 0 Å². The van der Waals surface area contributed by atoms with Gasteiger partial charge in [0.15, 0.2) is 11.5 Å². The molecule has 1 aliphatic rings. The van der Waals surface area contributed by atoms with E-state index in [0.29, 0.717) is 36.6 Å². The molecule has 2 atom stereocenters. The number of para-hydroxylation sites is 2. The van der Waals surface area contributed by atoms with Crippen molar-refractivity contribution >= 4 is 11.9 Å². The number of methoxy groups -OCH3 is 1. The van der Waals surface area contributed by atoms with Gasteiger partial charge < -0.3 is 19.9 Å². The third kappa shape index (κ3) is 3.96. The number of carboxylic acid groups (broad SMARTS) is 1. The molecule has 2 N–H and O–H groups in total. The summed E-state index contributed by atoms with van der Waals surface area (Å²) in [7, 11) is 1.59. The third-order valence-corrected chi connectivity index (χ3v) is 4.62. The first kappa shape index (κ1) is 17.8. The summed E-state index contributed by atoms with van der Waals surface area (Å²) in [5.41, 5.74) is 0.914. The minimum atomic E-state index is -0.894. The maximum Gasteiger partial charge on any atom is 0.307 e. The Hall–Kier alpha value is -3.02. The molecular formula is C20H21NO5. The number of rotatable bonds is 7. The lowest BCUT2D eigenvalue weighted by molar-refractivity contribution is -0.152. The first-order chi connectivity index (χ1) is 12.6. The van der Waals surface area contributed by atoms with E-state index >= 15 is 0 Å². The topological polar surface area (TPSA) is 84.9 Å². The molecule has 0 heterocycles. The molecule has 1 fully saturated rings. The van der Waals surface area contributed by atoms with Crippen molar-refractivity contribution in [2.45, 2.75) is 19.4 Å². The SMILES string of the molecule is COc1ccccc1Oc1ccc(CNC(=O)C2CCC2C(=O)O)cc1. The van der Waals surface area contributed by atoms with Gasteiger partial charge in [-0.3, -0.25) is 9.59 Å². The molecule has 2 unspecified atom stereocenters. The van der Waals surface area contributed by atoms with Crippen LogP contribution in [0.3, 0.4) is 0 Å². The van der Waals surface area contributed by atoms with Crippen LogP contribution in [0.15, 0.2) is 48.5 Å². The van der Waals surface area contributed by atoms with Gasteiger partial charge in [0.2, 0.25) is 5.91 Å². The molecule has 0 aliphatic heterocycles. The summed E-state index contributed by atoms with van der Waals surface area (Å²) in [6, 6.07) is 14.7. The van der Waals surface area contributed by atoms with Crippen molar-refractivity contribution in [3.8, 4) is 17.2 Å². The predicted molar refractivity (Wildman–Crippen MR) is 95.2 cm³/mol. The van der Waals surface area contributed by atoms with Crippen LogP contribution in [0.25, 0.3) is 0 Å². The summed E-state index contributed by atoms with van der Waals surface area (Å²) in [5.74, 6) is -0.118. The molecule has 0 saturated heterocycles. The number of hydrogen-bond donors (Lipinski definition) is 2. The molecule has 0 radical (unpaired) electrons. The normalized spacial score (nSPS) is 18.5. The van der Waals surface area contributed by atoms with Crippen LogP contribution in [0.1, 0.15) is 18.4 Å². The lowest BCUT2D eigenvalue weighted by Crippen LogP contribution is -2.43. The van der Waals surface area contributed by atoms with E-state index in [1.165, 1.54) is 0 Å². The Morgan fingerprint density at radius 3 is 2.27 bits per heavy atom. The van der Waals surface area contributed by atoms with Gasteiger partial charge >= 0.3 is 5.97 Å². The van der Waals surface area contributed by atoms with Gasteiger partial charge in [-0.05, 0) is 42.7 Å². The second kappa shape index (κ2) is 7.91. The minimum absolute atomic E-state index is 0.196. The average Bonchev–Trinajstić information content (AvgIpc) is 2.60. The number of hydrogen-bond acceptors (Lipinski definition) is 4. The zero-order valence-corrected chi connectivity index (χ0v) is 14.5. The van der Waals surface area contributed by atoms with Crippen LogP contribution in [0.2, 0.25) is 0 Å². The highest BCUT2D eigenvalue weighted by molar-refractivity contribution is 5.86. The Labute approximate surface area is 151 Å². The summed E-state index contributed by atoms with van der Waals surface area (Å²) in [5, 5.41) is 11.8. The molecule has 6 heteroatoms. The van der Waals surface area contributed by atoms with Crippen molar-refractivity contribution in [2.75, 3.05) is 7.11 Å². The number of carbonyl (C=O) groups excluding carboxylic acids is 1. The van der Waals surface area contributed by atoms with Crippen LogP contribution >= 0.6 is 0 Å². The van der Waals surface area contributed by atoms with Gasteiger partial charge in [-0.25, -0.2) is 0 Å². The molecule has 3 rings (SSSR count). The molecule has 6 nitrogen and oxygen atoms in total. The molecule has 0 bridgehead atoms. The van der Waals surface area contributed by atoms with Crippen molar-refractivity contribution in [2.24, 2.45) is 11.8 Å². The summed E-state index contributed by atoms with van der Waals surface area (Å²) in [6.45, 7) is 0.358. The van der Waals surface area contributed by atoms with Gasteiger partial charge in [-0.2, -0.15) is 0 Å². The van der Waals surface area contributed by atoms with Gasteiger partial charge in [-0.1, -0.05) is 24.3 Å². The highest BCUT2D eigenvalue weighted by Gasteiger charge is 2.41. The van der Waals surface area contributed by atoms with E-state index in [9.17, 15) is 9.59 Å². The largest absolute Gasteiger partial charge is 0.493 e. The molecule has 1 aliphatic carbocycles. The second-order valence-corrected chi connectivity index (χ2v) is 6.24. The molecular weight excluding hydrogens is 334 g/mol. The van der Waals surface area contributed by atoms with Crippen molar-refractivity contribution < 1.29 is 24.2 Å². The first-order valence-electron chi connectivity index (χ1n) is 8.49. The van der Waals surface area contributed by atoms with E-state index < -0.39 is 17.8 Å². The number of amides is 1. The molecule has 0 aromatic heterocycles. The van der Waals surface area contributed by atoms with Crippen molar-refractivity contribution in [1.82, 2.24) is 5.32 Å². The monoisotopic (exact) mass is 355 g/mol. The standard InChI is InChI=1S/C20H21NO5/c1-25-17-4-2-3-5-18(17)26-14-8-6-13(7-9-14)12-21-19(22)15-10-11-16(15)20(23)24/h2-9,15-16H,10-12H2,1H3,(H,21,22)(H,23,24). The summed E-state index contributed by atoms with van der Waals surface area (Å²) < 4.78 is 11.1. The Morgan fingerprint density at radius 2 is 1.69 bits per heavy atom. The number of ether oxygens (including phenoxy) is 2. The zero-order chi connectivity index (χ0) is 18.5. The smallest absolute Gasteiger partial charge is 0.307 e. The van der Waals surface area contributed by atoms with E-state index in [1.807, 2.05) is 48.5 Å². The van der Waals surface area contributed by atoms with Crippen molar-refractivity contribution in [3.05, 3.63) is 54.1 Å². The molecule has 2 aromatic rings. The number of nitrogens with one attached hydrogen (secondary N) is 1.